The Balaban J connectivity index is 1.73. The molecular weight excluding hydrogens is 250 g/mol. The Morgan fingerprint density at radius 3 is 2.45 bits per heavy atom. The summed E-state index contributed by atoms with van der Waals surface area (Å²) in [5, 5.41) is 12.4. The van der Waals surface area contributed by atoms with Crippen LogP contribution in [0.3, 0.4) is 0 Å². The molecule has 1 aromatic rings. The maximum absolute atomic E-state index is 11.0. The molecule has 0 atom stereocenters. The van der Waals surface area contributed by atoms with Crippen molar-refractivity contribution in [2.45, 2.75) is 52.0 Å². The summed E-state index contributed by atoms with van der Waals surface area (Å²) < 4.78 is 0. The molecule has 1 fully saturated rings. The Labute approximate surface area is 121 Å². The van der Waals surface area contributed by atoms with Crippen LogP contribution in [-0.2, 0) is 11.3 Å². The van der Waals surface area contributed by atoms with Crippen LogP contribution in [-0.4, -0.2) is 17.6 Å². The molecule has 0 amide bonds. The summed E-state index contributed by atoms with van der Waals surface area (Å²) in [5.74, 6) is 0.0533. The normalized spacial score (nSPS) is 15.9. The van der Waals surface area contributed by atoms with E-state index in [2.05, 4.69) is 29.6 Å². The van der Waals surface area contributed by atoms with E-state index in [4.69, 9.17) is 5.11 Å². The van der Waals surface area contributed by atoms with E-state index in [9.17, 15) is 4.79 Å². The zero-order chi connectivity index (χ0) is 14.6. The van der Waals surface area contributed by atoms with Gasteiger partial charge in [-0.05, 0) is 56.7 Å². The van der Waals surface area contributed by atoms with Crippen molar-refractivity contribution in [3.63, 3.8) is 0 Å². The van der Waals surface area contributed by atoms with Crippen LogP contribution in [0.25, 0.3) is 0 Å². The van der Waals surface area contributed by atoms with Crippen molar-refractivity contribution in [1.82, 2.24) is 5.32 Å². The predicted octanol–water partition coefficient (Wildman–Crippen LogP) is 3.54. The van der Waals surface area contributed by atoms with E-state index in [1.165, 1.54) is 30.4 Å². The molecule has 0 aliphatic heterocycles. The Kier molecular flexibility index (Phi) is 4.81. The largest absolute Gasteiger partial charge is 0.481 e. The summed E-state index contributed by atoms with van der Waals surface area (Å²) in [6, 6.07) is 8.84. The van der Waals surface area contributed by atoms with Crippen molar-refractivity contribution in [2.24, 2.45) is 5.41 Å². The topological polar surface area (TPSA) is 49.3 Å². The molecule has 2 N–H and O–H groups in total. The van der Waals surface area contributed by atoms with Crippen molar-refractivity contribution in [3.05, 3.63) is 35.4 Å². The molecular formula is C17H25NO2. The average molecular weight is 275 g/mol. The van der Waals surface area contributed by atoms with Crippen LogP contribution in [0.15, 0.2) is 24.3 Å². The molecule has 0 aromatic heterocycles. The summed E-state index contributed by atoms with van der Waals surface area (Å²) in [6.07, 6.45) is 4.68. The summed E-state index contributed by atoms with van der Waals surface area (Å²) in [6.45, 7) is 5.07. The molecule has 1 aliphatic rings. The minimum atomic E-state index is -0.732. The molecule has 3 nitrogen and oxygen atoms in total. The summed E-state index contributed by atoms with van der Waals surface area (Å²) >= 11 is 0. The highest BCUT2D eigenvalue weighted by atomic mass is 16.4. The summed E-state index contributed by atoms with van der Waals surface area (Å²) in [4.78, 5) is 11.0. The molecule has 0 heterocycles. The number of hydrogen-bond donors (Lipinski definition) is 2. The third-order valence-electron chi connectivity index (χ3n) is 4.39. The Bertz CT molecular complexity index is 447. The molecule has 1 aromatic carbocycles. The minimum Gasteiger partial charge on any atom is -0.481 e. The monoisotopic (exact) mass is 275 g/mol. The molecule has 2 rings (SSSR count). The van der Waals surface area contributed by atoms with Gasteiger partial charge in [0.1, 0.15) is 0 Å². The summed E-state index contributed by atoms with van der Waals surface area (Å²) in [7, 11) is 0. The lowest BCUT2D eigenvalue weighted by Gasteiger charge is -2.25. The zero-order valence-corrected chi connectivity index (χ0v) is 12.5. The smallest absolute Gasteiger partial charge is 0.309 e. The van der Waals surface area contributed by atoms with Gasteiger partial charge in [0, 0.05) is 6.54 Å². The lowest BCUT2D eigenvalue weighted by Crippen LogP contribution is -2.28. The highest BCUT2D eigenvalue weighted by Gasteiger charge is 2.26. The molecule has 1 aliphatic carbocycles. The van der Waals surface area contributed by atoms with Gasteiger partial charge in [0.05, 0.1) is 5.41 Å². The highest BCUT2D eigenvalue weighted by Crippen LogP contribution is 2.36. The first-order valence-corrected chi connectivity index (χ1v) is 7.52. The number of benzene rings is 1. The number of hydrogen-bond acceptors (Lipinski definition) is 2. The third-order valence-corrected chi connectivity index (χ3v) is 4.39. The van der Waals surface area contributed by atoms with Gasteiger partial charge in [0.25, 0.3) is 0 Å². The van der Waals surface area contributed by atoms with Gasteiger partial charge in [-0.25, -0.2) is 0 Å². The molecule has 0 spiro atoms. The number of carbonyl (C=O) groups is 1. The van der Waals surface area contributed by atoms with E-state index in [1.54, 1.807) is 13.8 Å². The second-order valence-electron chi connectivity index (χ2n) is 6.49. The van der Waals surface area contributed by atoms with Gasteiger partial charge >= 0.3 is 5.97 Å². The van der Waals surface area contributed by atoms with E-state index < -0.39 is 11.4 Å². The van der Waals surface area contributed by atoms with Crippen molar-refractivity contribution in [1.29, 1.82) is 0 Å². The van der Waals surface area contributed by atoms with Crippen LogP contribution in [0.5, 0.6) is 0 Å². The zero-order valence-electron chi connectivity index (χ0n) is 12.5. The summed E-state index contributed by atoms with van der Waals surface area (Å²) in [5.41, 5.74) is 2.08. The van der Waals surface area contributed by atoms with Gasteiger partial charge in [0.2, 0.25) is 0 Å². The molecule has 0 saturated heterocycles. The number of rotatable bonds is 7. The Morgan fingerprint density at radius 2 is 1.95 bits per heavy atom. The van der Waals surface area contributed by atoms with Crippen molar-refractivity contribution in [2.75, 3.05) is 6.54 Å². The Morgan fingerprint density at radius 1 is 1.30 bits per heavy atom. The van der Waals surface area contributed by atoms with Crippen LogP contribution in [0.4, 0.5) is 0 Å². The standard InChI is InChI=1S/C17H25NO2/c1-17(2,16(19)20)10-11-18-12-13-6-8-15(9-7-13)14-4-3-5-14/h6-9,14,18H,3-5,10-12H2,1-2H3,(H,19,20). The molecule has 0 unspecified atom stereocenters. The molecule has 1 saturated carbocycles. The molecule has 0 radical (unpaired) electrons. The second-order valence-corrected chi connectivity index (χ2v) is 6.49. The van der Waals surface area contributed by atoms with E-state index in [0.717, 1.165) is 19.0 Å². The van der Waals surface area contributed by atoms with E-state index in [-0.39, 0.29) is 0 Å². The second kappa shape index (κ2) is 6.40. The molecule has 3 heteroatoms. The first kappa shape index (κ1) is 15.0. The lowest BCUT2D eigenvalue weighted by atomic mass is 9.80. The fourth-order valence-corrected chi connectivity index (χ4v) is 2.39. The number of carboxylic acid groups (broad SMARTS) is 1. The van der Waals surface area contributed by atoms with Crippen LogP contribution < -0.4 is 5.32 Å². The third kappa shape index (κ3) is 3.83. The van der Waals surface area contributed by atoms with Gasteiger partial charge < -0.3 is 10.4 Å². The van der Waals surface area contributed by atoms with E-state index in [0.29, 0.717) is 6.42 Å². The molecule has 20 heavy (non-hydrogen) atoms. The maximum Gasteiger partial charge on any atom is 0.309 e. The fourth-order valence-electron chi connectivity index (χ4n) is 2.39. The first-order chi connectivity index (χ1) is 9.49. The molecule has 110 valence electrons. The SMILES string of the molecule is CC(C)(CCNCc1ccc(C2CCC2)cc1)C(=O)O. The van der Waals surface area contributed by atoms with Crippen molar-refractivity contribution in [3.8, 4) is 0 Å². The van der Waals surface area contributed by atoms with Gasteiger partial charge in [-0.15, -0.1) is 0 Å². The van der Waals surface area contributed by atoms with Crippen LogP contribution in [0, 0.1) is 5.41 Å². The predicted molar refractivity (Wildman–Crippen MR) is 80.8 cm³/mol. The average Bonchev–Trinajstić information content (AvgIpc) is 2.34. The lowest BCUT2D eigenvalue weighted by molar-refractivity contribution is -0.147. The first-order valence-electron chi connectivity index (χ1n) is 7.52. The van der Waals surface area contributed by atoms with Gasteiger partial charge in [-0.2, -0.15) is 0 Å². The quantitative estimate of drug-likeness (QED) is 0.748. The van der Waals surface area contributed by atoms with Gasteiger partial charge in [-0.3, -0.25) is 4.79 Å². The number of carboxylic acids is 1. The molecule has 0 bridgehead atoms. The number of aliphatic carboxylic acids is 1. The minimum absolute atomic E-state index is 0.641. The van der Waals surface area contributed by atoms with Crippen LogP contribution >= 0.6 is 0 Å². The van der Waals surface area contributed by atoms with E-state index in [1.807, 2.05) is 0 Å². The van der Waals surface area contributed by atoms with Crippen molar-refractivity contribution < 1.29 is 9.90 Å². The van der Waals surface area contributed by atoms with Crippen LogP contribution in [0.2, 0.25) is 0 Å². The Hall–Kier alpha value is -1.35. The fraction of sp³-hybridized carbons (Fsp3) is 0.588. The van der Waals surface area contributed by atoms with Gasteiger partial charge in [-0.1, -0.05) is 30.7 Å². The van der Waals surface area contributed by atoms with Gasteiger partial charge in [0.15, 0.2) is 0 Å². The van der Waals surface area contributed by atoms with E-state index >= 15 is 0 Å². The highest BCUT2D eigenvalue weighted by molar-refractivity contribution is 5.73. The maximum atomic E-state index is 11.0. The van der Waals surface area contributed by atoms with Crippen molar-refractivity contribution >= 4 is 5.97 Å². The number of nitrogens with one attached hydrogen (secondary N) is 1. The van der Waals surface area contributed by atoms with Crippen LogP contribution in [0.1, 0.15) is 56.6 Å².